The molecule has 17 heavy (non-hydrogen) atoms. The normalized spacial score (nSPS) is 15.6. The highest BCUT2D eigenvalue weighted by Gasteiger charge is 2.26. The average Bonchev–Trinajstić information content (AvgIpc) is 2.15. The minimum atomic E-state index is -1.18. The fourth-order valence-corrected chi connectivity index (χ4v) is 1.63. The number of aromatic nitrogens is 1. The van der Waals surface area contributed by atoms with E-state index in [0.717, 1.165) is 6.20 Å². The zero-order chi connectivity index (χ0) is 13.1. The molecule has 0 bridgehead atoms. The van der Waals surface area contributed by atoms with E-state index in [1.807, 2.05) is 0 Å². The highest BCUT2D eigenvalue weighted by molar-refractivity contribution is 5.20. The van der Waals surface area contributed by atoms with Gasteiger partial charge in [0.05, 0.1) is 11.8 Å². The van der Waals surface area contributed by atoms with Gasteiger partial charge in [-0.2, -0.15) is 0 Å². The number of rotatable bonds is 4. The van der Waals surface area contributed by atoms with Gasteiger partial charge in [0.2, 0.25) is 0 Å². The predicted octanol–water partition coefficient (Wildman–Crippen LogP) is 2.21. The summed E-state index contributed by atoms with van der Waals surface area (Å²) in [4.78, 5) is 3.68. The molecule has 1 rings (SSSR count). The quantitative estimate of drug-likeness (QED) is 0.848. The van der Waals surface area contributed by atoms with Crippen LogP contribution in [0.25, 0.3) is 0 Å². The molecule has 0 amide bonds. The van der Waals surface area contributed by atoms with Crippen LogP contribution in [-0.2, 0) is 5.60 Å². The van der Waals surface area contributed by atoms with Crippen LogP contribution in [0.4, 0.5) is 4.39 Å². The molecular weight excluding hydrogens is 219 g/mol. The van der Waals surface area contributed by atoms with Crippen LogP contribution in [0.5, 0.6) is 0 Å². The molecule has 0 saturated heterocycles. The molecule has 1 atom stereocenters. The van der Waals surface area contributed by atoms with Crippen molar-refractivity contribution in [3.63, 3.8) is 0 Å². The lowest BCUT2D eigenvalue weighted by Gasteiger charge is -2.27. The van der Waals surface area contributed by atoms with Crippen LogP contribution in [0.15, 0.2) is 18.5 Å². The molecule has 0 spiro atoms. The Morgan fingerprint density at radius 3 is 2.53 bits per heavy atom. The Kier molecular flexibility index (Phi) is 4.22. The van der Waals surface area contributed by atoms with E-state index in [0.29, 0.717) is 18.5 Å². The maximum absolute atomic E-state index is 13.5. The first-order chi connectivity index (χ1) is 7.72. The Morgan fingerprint density at radius 1 is 1.35 bits per heavy atom. The largest absolute Gasteiger partial charge is 0.385 e. The van der Waals surface area contributed by atoms with E-state index in [1.54, 1.807) is 6.92 Å². The van der Waals surface area contributed by atoms with Crippen molar-refractivity contribution in [2.45, 2.75) is 45.3 Å². The Morgan fingerprint density at radius 2 is 2.00 bits per heavy atom. The second-order valence-corrected chi connectivity index (χ2v) is 5.56. The van der Waals surface area contributed by atoms with E-state index in [4.69, 9.17) is 0 Å². The SMILES string of the molecule is CC(C)(C)NCCC(C)(O)c1ccncc1F. The van der Waals surface area contributed by atoms with E-state index in [1.165, 1.54) is 12.3 Å². The molecule has 0 radical (unpaired) electrons. The molecule has 0 aromatic carbocycles. The number of pyridine rings is 1. The van der Waals surface area contributed by atoms with Gasteiger partial charge in [0.25, 0.3) is 0 Å². The van der Waals surface area contributed by atoms with E-state index in [9.17, 15) is 9.50 Å². The van der Waals surface area contributed by atoms with Crippen LogP contribution in [0.3, 0.4) is 0 Å². The minimum absolute atomic E-state index is 0.00708. The van der Waals surface area contributed by atoms with Gasteiger partial charge in [0.1, 0.15) is 5.82 Å². The van der Waals surface area contributed by atoms with Gasteiger partial charge in [0.15, 0.2) is 0 Å². The standard InChI is InChI=1S/C13H21FN2O/c1-12(2,3)16-8-6-13(4,17)10-5-7-15-9-11(10)14/h5,7,9,16-17H,6,8H2,1-4H3. The molecule has 1 aromatic heterocycles. The van der Waals surface area contributed by atoms with Gasteiger partial charge >= 0.3 is 0 Å². The first-order valence-corrected chi connectivity index (χ1v) is 5.80. The third-order valence-corrected chi connectivity index (χ3v) is 2.62. The van der Waals surface area contributed by atoms with Crippen LogP contribution in [0.1, 0.15) is 39.7 Å². The van der Waals surface area contributed by atoms with E-state index in [2.05, 4.69) is 31.1 Å². The highest BCUT2D eigenvalue weighted by Crippen LogP contribution is 2.25. The van der Waals surface area contributed by atoms with Crippen LogP contribution >= 0.6 is 0 Å². The van der Waals surface area contributed by atoms with E-state index < -0.39 is 11.4 Å². The summed E-state index contributed by atoms with van der Waals surface area (Å²) in [6.07, 6.45) is 3.07. The maximum atomic E-state index is 13.5. The molecule has 0 saturated carbocycles. The van der Waals surface area contributed by atoms with Gasteiger partial charge in [-0.1, -0.05) is 0 Å². The fourth-order valence-electron chi connectivity index (χ4n) is 1.63. The summed E-state index contributed by atoms with van der Waals surface area (Å²) in [5, 5.41) is 13.5. The Balaban J connectivity index is 2.66. The third kappa shape index (κ3) is 4.40. The minimum Gasteiger partial charge on any atom is -0.385 e. The zero-order valence-electron chi connectivity index (χ0n) is 10.9. The summed E-state index contributed by atoms with van der Waals surface area (Å²) in [6.45, 7) is 8.40. The lowest BCUT2D eigenvalue weighted by atomic mass is 9.92. The highest BCUT2D eigenvalue weighted by atomic mass is 19.1. The van der Waals surface area contributed by atoms with Crippen molar-refractivity contribution >= 4 is 0 Å². The molecule has 0 fully saturated rings. The number of nitrogens with zero attached hydrogens (tertiary/aromatic N) is 1. The van der Waals surface area contributed by atoms with Crippen molar-refractivity contribution in [1.82, 2.24) is 10.3 Å². The fraction of sp³-hybridized carbons (Fsp3) is 0.615. The Hall–Kier alpha value is -1.00. The number of nitrogens with one attached hydrogen (secondary N) is 1. The molecule has 3 nitrogen and oxygen atoms in total. The Bertz CT molecular complexity index is 372. The molecule has 0 aliphatic carbocycles. The van der Waals surface area contributed by atoms with E-state index >= 15 is 0 Å². The lowest BCUT2D eigenvalue weighted by Crippen LogP contribution is -2.39. The van der Waals surface area contributed by atoms with Crippen molar-refractivity contribution in [1.29, 1.82) is 0 Å². The molecule has 1 aromatic rings. The van der Waals surface area contributed by atoms with Gasteiger partial charge in [-0.3, -0.25) is 4.98 Å². The first kappa shape index (κ1) is 14.1. The molecule has 0 aliphatic heterocycles. The maximum Gasteiger partial charge on any atom is 0.147 e. The number of hydrogen-bond acceptors (Lipinski definition) is 3. The first-order valence-electron chi connectivity index (χ1n) is 5.80. The van der Waals surface area contributed by atoms with Gasteiger partial charge < -0.3 is 10.4 Å². The topological polar surface area (TPSA) is 45.1 Å². The van der Waals surface area contributed by atoms with Gasteiger partial charge in [-0.05, 0) is 46.7 Å². The molecule has 1 heterocycles. The summed E-state index contributed by atoms with van der Waals surface area (Å²) in [5.74, 6) is -0.465. The molecule has 4 heteroatoms. The summed E-state index contributed by atoms with van der Waals surface area (Å²) >= 11 is 0. The van der Waals surface area contributed by atoms with Crippen molar-refractivity contribution < 1.29 is 9.50 Å². The molecule has 1 unspecified atom stereocenters. The van der Waals surface area contributed by atoms with Crippen LogP contribution in [-0.4, -0.2) is 22.2 Å². The average molecular weight is 240 g/mol. The molecule has 96 valence electrons. The molecule has 0 aliphatic rings. The van der Waals surface area contributed by atoms with Crippen molar-refractivity contribution in [3.8, 4) is 0 Å². The number of aliphatic hydroxyl groups is 1. The van der Waals surface area contributed by atoms with E-state index in [-0.39, 0.29) is 5.54 Å². The van der Waals surface area contributed by atoms with Gasteiger partial charge in [-0.15, -0.1) is 0 Å². The monoisotopic (exact) mass is 240 g/mol. The number of halogens is 1. The molecule has 2 N–H and O–H groups in total. The third-order valence-electron chi connectivity index (χ3n) is 2.62. The van der Waals surface area contributed by atoms with Crippen molar-refractivity contribution in [2.75, 3.05) is 6.54 Å². The van der Waals surface area contributed by atoms with Crippen LogP contribution in [0.2, 0.25) is 0 Å². The summed E-state index contributed by atoms with van der Waals surface area (Å²) in [6, 6.07) is 1.52. The molecular formula is C13H21FN2O. The van der Waals surface area contributed by atoms with Crippen LogP contribution in [0, 0.1) is 5.82 Å². The second kappa shape index (κ2) is 5.10. The van der Waals surface area contributed by atoms with Gasteiger partial charge in [-0.25, -0.2) is 4.39 Å². The Labute approximate surface area is 102 Å². The van der Waals surface area contributed by atoms with Gasteiger partial charge in [0, 0.05) is 17.3 Å². The van der Waals surface area contributed by atoms with Crippen molar-refractivity contribution in [2.24, 2.45) is 0 Å². The summed E-state index contributed by atoms with van der Waals surface area (Å²) in [7, 11) is 0. The van der Waals surface area contributed by atoms with Crippen LogP contribution < -0.4 is 5.32 Å². The smallest absolute Gasteiger partial charge is 0.147 e. The summed E-state index contributed by atoms with van der Waals surface area (Å²) < 4.78 is 13.5. The van der Waals surface area contributed by atoms with Crippen molar-refractivity contribution in [3.05, 3.63) is 29.8 Å². The number of hydrogen-bond donors (Lipinski definition) is 2. The zero-order valence-corrected chi connectivity index (χ0v) is 10.9. The predicted molar refractivity (Wildman–Crippen MR) is 66.1 cm³/mol. The summed E-state index contributed by atoms with van der Waals surface area (Å²) in [5.41, 5.74) is -0.888. The second-order valence-electron chi connectivity index (χ2n) is 5.56. The lowest BCUT2D eigenvalue weighted by molar-refractivity contribution is 0.0426.